The zero-order valence-corrected chi connectivity index (χ0v) is 15.2. The molecule has 0 amide bonds. The molecular formula is C22H13F7O. The molecule has 0 aromatic heterocycles. The number of hydrogen-bond acceptors (Lipinski definition) is 1. The highest BCUT2D eigenvalue weighted by Crippen LogP contribution is 2.38. The van der Waals surface area contributed by atoms with E-state index in [9.17, 15) is 30.7 Å². The standard InChI is InChI=1S/C22H13F7O/c23-16-7-14(13-5-4-11-2-1-3-12(11)6-13)8-17(24)20(16)22(28,29)30-15-9-18(25)21(27)19(26)10-15/h4-10H,1-3H2. The fourth-order valence-electron chi connectivity index (χ4n) is 3.56. The first kappa shape index (κ1) is 20.3. The largest absolute Gasteiger partial charge is 0.432 e. The average molecular weight is 426 g/mol. The number of halogens is 7. The van der Waals surface area contributed by atoms with Crippen molar-refractivity contribution in [3.63, 3.8) is 0 Å². The third-order valence-electron chi connectivity index (χ3n) is 4.97. The highest BCUT2D eigenvalue weighted by Gasteiger charge is 2.41. The fourth-order valence-corrected chi connectivity index (χ4v) is 3.56. The Balaban J connectivity index is 1.69. The minimum Gasteiger partial charge on any atom is -0.429 e. The fraction of sp³-hybridized carbons (Fsp3) is 0.182. The van der Waals surface area contributed by atoms with Gasteiger partial charge in [-0.2, -0.15) is 8.78 Å². The quantitative estimate of drug-likeness (QED) is 0.335. The van der Waals surface area contributed by atoms with E-state index in [0.717, 1.165) is 42.5 Å². The minimum absolute atomic E-state index is 0.0538. The Morgan fingerprint density at radius 3 is 1.90 bits per heavy atom. The molecule has 0 fully saturated rings. The summed E-state index contributed by atoms with van der Waals surface area (Å²) in [4.78, 5) is 0. The maximum absolute atomic E-state index is 14.5. The van der Waals surface area contributed by atoms with Crippen LogP contribution >= 0.6 is 0 Å². The van der Waals surface area contributed by atoms with Gasteiger partial charge >= 0.3 is 6.11 Å². The van der Waals surface area contributed by atoms with Crippen LogP contribution in [0, 0.1) is 29.1 Å². The summed E-state index contributed by atoms with van der Waals surface area (Å²) in [6.07, 6.45) is -1.91. The van der Waals surface area contributed by atoms with Crippen molar-refractivity contribution in [2.45, 2.75) is 25.4 Å². The first-order valence-electron chi connectivity index (χ1n) is 8.99. The van der Waals surface area contributed by atoms with Crippen LogP contribution in [0.15, 0.2) is 42.5 Å². The summed E-state index contributed by atoms with van der Waals surface area (Å²) in [6, 6.07) is 7.01. The molecule has 0 spiro atoms. The second-order valence-electron chi connectivity index (χ2n) is 6.97. The molecule has 0 bridgehead atoms. The first-order chi connectivity index (χ1) is 14.2. The molecule has 0 saturated carbocycles. The Labute approximate surface area is 166 Å². The monoisotopic (exact) mass is 426 g/mol. The SMILES string of the molecule is Fc1cc(OC(F)(F)c2c(F)cc(-c3ccc4c(c3)CCC4)cc2F)cc(F)c1F. The molecular weight excluding hydrogens is 413 g/mol. The summed E-state index contributed by atoms with van der Waals surface area (Å²) in [5.74, 6) is -9.78. The van der Waals surface area contributed by atoms with Crippen LogP contribution in [0.4, 0.5) is 30.7 Å². The van der Waals surface area contributed by atoms with E-state index < -0.39 is 46.5 Å². The summed E-state index contributed by atoms with van der Waals surface area (Å²) >= 11 is 0. The summed E-state index contributed by atoms with van der Waals surface area (Å²) in [5.41, 5.74) is 0.962. The number of benzene rings is 3. The van der Waals surface area contributed by atoms with Gasteiger partial charge in [-0.15, -0.1) is 0 Å². The highest BCUT2D eigenvalue weighted by atomic mass is 19.3. The lowest BCUT2D eigenvalue weighted by Gasteiger charge is -2.20. The van der Waals surface area contributed by atoms with Crippen LogP contribution in [-0.4, -0.2) is 0 Å². The number of aryl methyl sites for hydroxylation is 2. The molecule has 0 unspecified atom stereocenters. The van der Waals surface area contributed by atoms with E-state index in [-0.39, 0.29) is 17.7 Å². The summed E-state index contributed by atoms with van der Waals surface area (Å²) in [7, 11) is 0. The van der Waals surface area contributed by atoms with Crippen molar-refractivity contribution in [1.29, 1.82) is 0 Å². The van der Waals surface area contributed by atoms with E-state index in [1.165, 1.54) is 0 Å². The van der Waals surface area contributed by atoms with Crippen LogP contribution in [0.25, 0.3) is 11.1 Å². The molecule has 3 aromatic carbocycles. The van der Waals surface area contributed by atoms with Crippen LogP contribution < -0.4 is 4.74 Å². The smallest absolute Gasteiger partial charge is 0.429 e. The molecule has 4 rings (SSSR count). The van der Waals surface area contributed by atoms with Crippen LogP contribution in [0.1, 0.15) is 23.1 Å². The van der Waals surface area contributed by atoms with Gasteiger partial charge in [0.1, 0.15) is 22.9 Å². The predicted molar refractivity (Wildman–Crippen MR) is 94.7 cm³/mol. The first-order valence-corrected chi connectivity index (χ1v) is 8.99. The summed E-state index contributed by atoms with van der Waals surface area (Å²) in [6.45, 7) is 0. The molecule has 3 aromatic rings. The number of rotatable bonds is 4. The second kappa shape index (κ2) is 7.34. The van der Waals surface area contributed by atoms with E-state index in [1.54, 1.807) is 12.1 Å². The molecule has 0 heterocycles. The lowest BCUT2D eigenvalue weighted by molar-refractivity contribution is -0.189. The van der Waals surface area contributed by atoms with E-state index in [2.05, 4.69) is 4.74 Å². The molecule has 0 atom stereocenters. The van der Waals surface area contributed by atoms with Gasteiger partial charge in [-0.25, -0.2) is 22.0 Å². The normalized spacial score (nSPS) is 13.4. The van der Waals surface area contributed by atoms with E-state index in [4.69, 9.17) is 0 Å². The maximum Gasteiger partial charge on any atom is 0.432 e. The van der Waals surface area contributed by atoms with Crippen molar-refractivity contribution >= 4 is 0 Å². The molecule has 1 aliphatic rings. The molecule has 0 N–H and O–H groups in total. The molecule has 30 heavy (non-hydrogen) atoms. The van der Waals surface area contributed by atoms with Gasteiger partial charge in [0.05, 0.1) is 0 Å². The van der Waals surface area contributed by atoms with Gasteiger partial charge < -0.3 is 4.74 Å². The highest BCUT2D eigenvalue weighted by molar-refractivity contribution is 5.66. The molecule has 0 saturated heterocycles. The van der Waals surface area contributed by atoms with Crippen molar-refractivity contribution in [3.8, 4) is 16.9 Å². The van der Waals surface area contributed by atoms with Gasteiger partial charge in [0.25, 0.3) is 0 Å². The second-order valence-corrected chi connectivity index (χ2v) is 6.97. The Hall–Kier alpha value is -3.03. The number of ether oxygens (including phenoxy) is 1. The maximum atomic E-state index is 14.5. The Kier molecular flexibility index (Phi) is 4.95. The zero-order chi connectivity index (χ0) is 21.6. The average Bonchev–Trinajstić information content (AvgIpc) is 3.12. The van der Waals surface area contributed by atoms with Crippen molar-refractivity contribution in [1.82, 2.24) is 0 Å². The van der Waals surface area contributed by atoms with Crippen LogP contribution in [-0.2, 0) is 19.0 Å². The Morgan fingerprint density at radius 1 is 0.667 bits per heavy atom. The van der Waals surface area contributed by atoms with E-state index >= 15 is 0 Å². The van der Waals surface area contributed by atoms with Gasteiger partial charge in [-0.3, -0.25) is 0 Å². The van der Waals surface area contributed by atoms with Crippen molar-refractivity contribution in [2.75, 3.05) is 0 Å². The minimum atomic E-state index is -4.61. The Bertz CT molecular complexity index is 1090. The molecule has 1 nitrogen and oxygen atoms in total. The molecule has 156 valence electrons. The van der Waals surface area contributed by atoms with E-state index in [0.29, 0.717) is 5.56 Å². The van der Waals surface area contributed by atoms with Gasteiger partial charge in [-0.1, -0.05) is 18.2 Å². The third-order valence-corrected chi connectivity index (χ3v) is 4.97. The Morgan fingerprint density at radius 2 is 1.27 bits per heavy atom. The predicted octanol–water partition coefficient (Wildman–Crippen LogP) is 6.67. The van der Waals surface area contributed by atoms with Gasteiger partial charge in [0.15, 0.2) is 17.5 Å². The number of fused-ring (bicyclic) bond motifs is 1. The van der Waals surface area contributed by atoms with Gasteiger partial charge in [0.2, 0.25) is 0 Å². The van der Waals surface area contributed by atoms with Crippen molar-refractivity contribution < 1.29 is 35.5 Å². The zero-order valence-electron chi connectivity index (χ0n) is 15.2. The van der Waals surface area contributed by atoms with Crippen molar-refractivity contribution in [3.05, 3.63) is 88.2 Å². The summed E-state index contributed by atoms with van der Waals surface area (Å²) < 4.78 is 101. The van der Waals surface area contributed by atoms with E-state index in [1.807, 2.05) is 6.07 Å². The molecule has 1 aliphatic carbocycles. The van der Waals surface area contributed by atoms with Crippen LogP contribution in [0.5, 0.6) is 5.75 Å². The van der Waals surface area contributed by atoms with Gasteiger partial charge in [0, 0.05) is 12.1 Å². The topological polar surface area (TPSA) is 9.23 Å². The molecule has 0 aliphatic heterocycles. The van der Waals surface area contributed by atoms with Crippen molar-refractivity contribution in [2.24, 2.45) is 0 Å². The number of hydrogen-bond donors (Lipinski definition) is 0. The molecule has 0 radical (unpaired) electrons. The third kappa shape index (κ3) is 3.62. The number of alkyl halides is 2. The molecule has 8 heteroatoms. The summed E-state index contributed by atoms with van der Waals surface area (Å²) in [5, 5.41) is 0. The van der Waals surface area contributed by atoms with Crippen LogP contribution in [0.2, 0.25) is 0 Å². The van der Waals surface area contributed by atoms with Gasteiger partial charge in [-0.05, 0) is 53.6 Å². The van der Waals surface area contributed by atoms with Crippen LogP contribution in [0.3, 0.4) is 0 Å². The lowest BCUT2D eigenvalue weighted by atomic mass is 9.98. The lowest BCUT2D eigenvalue weighted by Crippen LogP contribution is -2.25.